The van der Waals surface area contributed by atoms with Crippen molar-refractivity contribution in [3.05, 3.63) is 76.9 Å². The molecule has 0 spiro atoms. The van der Waals surface area contributed by atoms with Gasteiger partial charge in [0, 0.05) is 18.8 Å². The first-order valence-electron chi connectivity index (χ1n) is 11.8. The Morgan fingerprint density at radius 2 is 1.69 bits per heavy atom. The van der Waals surface area contributed by atoms with Crippen LogP contribution in [0.4, 0.5) is 27.7 Å². The van der Waals surface area contributed by atoms with E-state index in [0.717, 1.165) is 11.6 Å². The molecular weight excluding hydrogens is 543 g/mol. The second-order valence-corrected chi connectivity index (χ2v) is 9.94. The van der Waals surface area contributed by atoms with Crippen molar-refractivity contribution in [2.75, 3.05) is 29.8 Å². The van der Waals surface area contributed by atoms with Crippen LogP contribution >= 0.6 is 23.2 Å². The van der Waals surface area contributed by atoms with E-state index in [1.165, 1.54) is 19.1 Å². The number of carbonyl (C=O) groups excluding carboxylic acids is 2. The van der Waals surface area contributed by atoms with Crippen molar-refractivity contribution in [3.63, 3.8) is 0 Å². The summed E-state index contributed by atoms with van der Waals surface area (Å²) in [5.41, 5.74) is 1.21. The molecule has 39 heavy (non-hydrogen) atoms. The van der Waals surface area contributed by atoms with E-state index in [-0.39, 0.29) is 5.82 Å². The molecular formula is C28H30Cl2N4O5. The number of pyridine rings is 1. The zero-order valence-electron chi connectivity index (χ0n) is 22.3. The first-order valence-corrected chi connectivity index (χ1v) is 12.6. The Bertz CT molecular complexity index is 1330. The van der Waals surface area contributed by atoms with Gasteiger partial charge >= 0.3 is 6.09 Å². The number of nitrogens with one attached hydrogen (secondary N) is 2. The summed E-state index contributed by atoms with van der Waals surface area (Å²) in [5.74, 6) is 0.674. The molecule has 0 saturated carbocycles. The number of benzene rings is 2. The van der Waals surface area contributed by atoms with Gasteiger partial charge in [0.05, 0.1) is 31.3 Å². The maximum Gasteiger partial charge on any atom is 0.420 e. The summed E-state index contributed by atoms with van der Waals surface area (Å²) in [7, 11) is 3.00. The van der Waals surface area contributed by atoms with Crippen LogP contribution in [0.1, 0.15) is 26.3 Å². The van der Waals surface area contributed by atoms with Crippen molar-refractivity contribution in [2.45, 2.75) is 32.9 Å². The summed E-state index contributed by atoms with van der Waals surface area (Å²) in [6.07, 6.45) is 2.08. The third kappa shape index (κ3) is 7.34. The Balaban J connectivity index is 1.94. The lowest BCUT2D eigenvalue weighted by Gasteiger charge is -2.28. The first-order chi connectivity index (χ1) is 18.5. The highest BCUT2D eigenvalue weighted by Gasteiger charge is 2.28. The zero-order chi connectivity index (χ0) is 28.7. The van der Waals surface area contributed by atoms with Gasteiger partial charge in [-0.3, -0.25) is 4.79 Å². The SMILES string of the molecule is C=CC(=O)Nc1ccccc1N(C(=O)OC(C)(C)C)c1ccc(CNc2c(Cl)c(OC)cc(OC)c2Cl)cn1. The van der Waals surface area contributed by atoms with Crippen LogP contribution in [-0.2, 0) is 16.1 Å². The Kier molecular flexibility index (Phi) is 9.66. The van der Waals surface area contributed by atoms with Crippen LogP contribution in [-0.4, -0.2) is 36.8 Å². The molecule has 2 aromatic carbocycles. The molecule has 0 saturated heterocycles. The highest BCUT2D eigenvalue weighted by Crippen LogP contribution is 2.44. The van der Waals surface area contributed by atoms with E-state index < -0.39 is 17.6 Å². The van der Waals surface area contributed by atoms with Crippen molar-refractivity contribution in [3.8, 4) is 11.5 Å². The molecule has 9 nitrogen and oxygen atoms in total. The molecule has 0 aliphatic carbocycles. The molecule has 0 fully saturated rings. The highest BCUT2D eigenvalue weighted by atomic mass is 35.5. The second-order valence-electron chi connectivity index (χ2n) is 9.19. The molecule has 3 aromatic rings. The van der Waals surface area contributed by atoms with E-state index in [1.54, 1.807) is 69.4 Å². The molecule has 0 unspecified atom stereocenters. The van der Waals surface area contributed by atoms with E-state index in [2.05, 4.69) is 22.2 Å². The van der Waals surface area contributed by atoms with Crippen molar-refractivity contribution in [2.24, 2.45) is 0 Å². The number of anilines is 4. The smallest absolute Gasteiger partial charge is 0.420 e. The van der Waals surface area contributed by atoms with Crippen LogP contribution in [0.2, 0.25) is 10.0 Å². The van der Waals surface area contributed by atoms with E-state index in [9.17, 15) is 9.59 Å². The Morgan fingerprint density at radius 1 is 1.05 bits per heavy atom. The van der Waals surface area contributed by atoms with E-state index >= 15 is 0 Å². The highest BCUT2D eigenvalue weighted by molar-refractivity contribution is 6.41. The molecule has 0 bridgehead atoms. The molecule has 2 amide bonds. The van der Waals surface area contributed by atoms with Crippen LogP contribution < -0.4 is 25.0 Å². The van der Waals surface area contributed by atoms with Crippen LogP contribution in [0.5, 0.6) is 11.5 Å². The molecule has 1 heterocycles. The number of hydrogen-bond donors (Lipinski definition) is 2. The number of amides is 2. The van der Waals surface area contributed by atoms with Gasteiger partial charge in [0.1, 0.15) is 33.0 Å². The minimum absolute atomic E-state index is 0.285. The average molecular weight is 573 g/mol. The van der Waals surface area contributed by atoms with Gasteiger partial charge in [-0.1, -0.05) is 48.0 Å². The lowest BCUT2D eigenvalue weighted by molar-refractivity contribution is -0.111. The Labute approximate surface area is 237 Å². The summed E-state index contributed by atoms with van der Waals surface area (Å²) in [5, 5.41) is 6.52. The maximum atomic E-state index is 13.3. The minimum atomic E-state index is -0.769. The standard InChI is InChI=1S/C28H30Cl2N4O5/c1-7-23(35)33-18-10-8-9-11-19(18)34(27(36)39-28(2,3)4)22-13-12-17(15-31-22)16-32-26-24(29)20(37-5)14-21(38-6)25(26)30/h7-15,32H,1,16H2,2-6H3,(H,33,35). The van der Waals surface area contributed by atoms with E-state index in [4.69, 9.17) is 37.4 Å². The minimum Gasteiger partial charge on any atom is -0.495 e. The molecule has 3 rings (SSSR count). The number of hydrogen-bond acceptors (Lipinski definition) is 7. The number of methoxy groups -OCH3 is 2. The lowest BCUT2D eigenvalue weighted by atomic mass is 10.2. The molecule has 0 atom stereocenters. The molecule has 206 valence electrons. The van der Waals surface area contributed by atoms with Gasteiger partial charge in [0.2, 0.25) is 5.91 Å². The van der Waals surface area contributed by atoms with Gasteiger partial charge in [0.25, 0.3) is 0 Å². The quantitative estimate of drug-likeness (QED) is 0.261. The van der Waals surface area contributed by atoms with Crippen molar-refractivity contribution in [1.29, 1.82) is 0 Å². The fraction of sp³-hybridized carbons (Fsp3) is 0.250. The average Bonchev–Trinajstić information content (AvgIpc) is 2.89. The predicted octanol–water partition coefficient (Wildman–Crippen LogP) is 7.22. The monoisotopic (exact) mass is 572 g/mol. The Hall–Kier alpha value is -3.95. The summed E-state index contributed by atoms with van der Waals surface area (Å²) < 4.78 is 16.3. The van der Waals surface area contributed by atoms with Crippen LogP contribution in [0, 0.1) is 0 Å². The zero-order valence-corrected chi connectivity index (χ0v) is 23.8. The molecule has 0 aliphatic heterocycles. The summed E-state index contributed by atoms with van der Waals surface area (Å²) in [6, 6.07) is 11.9. The topological polar surface area (TPSA) is 102 Å². The van der Waals surface area contributed by atoms with Gasteiger partial charge in [-0.25, -0.2) is 14.7 Å². The van der Waals surface area contributed by atoms with Crippen LogP contribution in [0.3, 0.4) is 0 Å². The maximum absolute atomic E-state index is 13.3. The third-order valence-electron chi connectivity index (χ3n) is 5.25. The number of aromatic nitrogens is 1. The lowest BCUT2D eigenvalue weighted by Crippen LogP contribution is -2.34. The van der Waals surface area contributed by atoms with Gasteiger partial charge in [-0.15, -0.1) is 0 Å². The largest absolute Gasteiger partial charge is 0.495 e. The Morgan fingerprint density at radius 3 is 2.23 bits per heavy atom. The van der Waals surface area contributed by atoms with Crippen molar-refractivity contribution >= 4 is 58.1 Å². The molecule has 0 aliphatic rings. The summed E-state index contributed by atoms with van der Waals surface area (Å²) in [4.78, 5) is 31.2. The normalized spacial score (nSPS) is 10.8. The van der Waals surface area contributed by atoms with Crippen LogP contribution in [0.15, 0.2) is 61.3 Å². The number of halogens is 2. The first kappa shape index (κ1) is 29.6. The fourth-order valence-electron chi connectivity index (χ4n) is 3.47. The van der Waals surface area contributed by atoms with E-state index in [1.807, 2.05) is 0 Å². The number of rotatable bonds is 9. The number of para-hydroxylation sites is 2. The molecule has 1 aromatic heterocycles. The third-order valence-corrected chi connectivity index (χ3v) is 6.00. The second kappa shape index (κ2) is 12.7. The summed E-state index contributed by atoms with van der Waals surface area (Å²) in [6.45, 7) is 9.09. The number of ether oxygens (including phenoxy) is 3. The van der Waals surface area contributed by atoms with Crippen molar-refractivity contribution in [1.82, 2.24) is 4.98 Å². The number of nitrogens with zero attached hydrogens (tertiary/aromatic N) is 2. The fourth-order valence-corrected chi connectivity index (χ4v) is 4.10. The van der Waals surface area contributed by atoms with Gasteiger partial charge in [-0.05, 0) is 50.6 Å². The van der Waals surface area contributed by atoms with E-state index in [0.29, 0.717) is 45.2 Å². The molecule has 11 heteroatoms. The van der Waals surface area contributed by atoms with Gasteiger partial charge < -0.3 is 24.8 Å². The predicted molar refractivity (Wildman–Crippen MR) is 155 cm³/mol. The molecule has 0 radical (unpaired) electrons. The summed E-state index contributed by atoms with van der Waals surface area (Å²) >= 11 is 12.9. The van der Waals surface area contributed by atoms with Gasteiger partial charge in [0.15, 0.2) is 0 Å². The van der Waals surface area contributed by atoms with Crippen molar-refractivity contribution < 1.29 is 23.8 Å². The van der Waals surface area contributed by atoms with Crippen LogP contribution in [0.25, 0.3) is 0 Å². The van der Waals surface area contributed by atoms with Gasteiger partial charge in [-0.2, -0.15) is 0 Å². The number of carbonyl (C=O) groups is 2. The molecule has 2 N–H and O–H groups in total.